The second kappa shape index (κ2) is 5.49. The zero-order valence-electron chi connectivity index (χ0n) is 12.8. The summed E-state index contributed by atoms with van der Waals surface area (Å²) in [5.41, 5.74) is 2.03. The Morgan fingerprint density at radius 2 is 1.83 bits per heavy atom. The number of fused-ring (bicyclic) bond motifs is 2. The highest BCUT2D eigenvalue weighted by atomic mass is 32.2. The summed E-state index contributed by atoms with van der Waals surface area (Å²) in [6.07, 6.45) is 0.380. The zero-order chi connectivity index (χ0) is 16.7. The molecule has 1 aliphatic heterocycles. The number of carbonyl (C=O) groups excluding carboxylic acids is 1. The normalized spacial score (nSPS) is 18.9. The molecule has 122 valence electrons. The lowest BCUT2D eigenvalue weighted by molar-refractivity contribution is 0.0930. The van der Waals surface area contributed by atoms with Crippen LogP contribution in [0.2, 0.25) is 0 Å². The number of amides is 1. The van der Waals surface area contributed by atoms with Crippen LogP contribution in [0.3, 0.4) is 0 Å². The number of hydrogen-bond donors (Lipinski definition) is 2. The summed E-state index contributed by atoms with van der Waals surface area (Å²) < 4.78 is 24.3. The minimum atomic E-state index is -3.26. The molecule has 24 heavy (non-hydrogen) atoms. The summed E-state index contributed by atoms with van der Waals surface area (Å²) in [4.78, 5) is 16.0. The zero-order valence-corrected chi connectivity index (χ0v) is 13.6. The highest BCUT2D eigenvalue weighted by Crippen LogP contribution is 2.32. The van der Waals surface area contributed by atoms with Gasteiger partial charge in [0.15, 0.2) is 9.84 Å². The van der Waals surface area contributed by atoms with E-state index in [1.165, 1.54) is 0 Å². The molecule has 0 fully saturated rings. The first-order chi connectivity index (χ1) is 11.5. The second-order valence-corrected chi connectivity index (χ2v) is 8.02. The molecule has 4 rings (SSSR count). The number of para-hydroxylation sites is 1. The summed E-state index contributed by atoms with van der Waals surface area (Å²) in [5.74, 6) is -0.188. The Bertz CT molecular complexity index is 1000. The molecule has 5 nitrogen and oxygen atoms in total. The molecule has 0 spiro atoms. The fraction of sp³-hybridized carbons (Fsp3) is 0.167. The highest BCUT2D eigenvalue weighted by molar-refractivity contribution is 7.91. The third kappa shape index (κ3) is 2.49. The van der Waals surface area contributed by atoms with Crippen molar-refractivity contribution in [2.75, 3.05) is 5.75 Å². The van der Waals surface area contributed by atoms with Crippen LogP contribution in [0.5, 0.6) is 0 Å². The average molecular weight is 340 g/mol. The molecule has 1 aromatic heterocycles. The van der Waals surface area contributed by atoms with Gasteiger partial charge in [0.2, 0.25) is 0 Å². The van der Waals surface area contributed by atoms with Crippen molar-refractivity contribution in [3.05, 3.63) is 65.9 Å². The molecular formula is C18H16N2O3S. The molecule has 3 aromatic rings. The van der Waals surface area contributed by atoms with Gasteiger partial charge < -0.3 is 10.3 Å². The number of hydrogen-bond acceptors (Lipinski definition) is 3. The SMILES string of the molecule is O=C(NC1CCS(=O)(=O)c2ccccc21)c1cc2ccccc2[nH]1. The maximum atomic E-state index is 12.6. The summed E-state index contributed by atoms with van der Waals surface area (Å²) in [7, 11) is -3.26. The van der Waals surface area contributed by atoms with Crippen molar-refractivity contribution in [2.24, 2.45) is 0 Å². The molecule has 1 amide bonds. The van der Waals surface area contributed by atoms with Crippen LogP contribution in [0, 0.1) is 0 Å². The van der Waals surface area contributed by atoms with E-state index in [0.29, 0.717) is 22.6 Å². The largest absolute Gasteiger partial charge is 0.351 e. The molecule has 1 unspecified atom stereocenters. The summed E-state index contributed by atoms with van der Waals surface area (Å²) in [6, 6.07) is 16.0. The van der Waals surface area contributed by atoms with Crippen molar-refractivity contribution in [1.29, 1.82) is 0 Å². The molecule has 0 bridgehead atoms. The van der Waals surface area contributed by atoms with Crippen molar-refractivity contribution in [3.63, 3.8) is 0 Å². The van der Waals surface area contributed by atoms with Gasteiger partial charge >= 0.3 is 0 Å². The lowest BCUT2D eigenvalue weighted by Gasteiger charge is -2.26. The van der Waals surface area contributed by atoms with Crippen LogP contribution in [-0.4, -0.2) is 25.1 Å². The monoisotopic (exact) mass is 340 g/mol. The number of H-pyrrole nitrogens is 1. The molecule has 0 aliphatic carbocycles. The first kappa shape index (κ1) is 15.0. The fourth-order valence-corrected chi connectivity index (χ4v) is 4.79. The van der Waals surface area contributed by atoms with E-state index in [2.05, 4.69) is 10.3 Å². The van der Waals surface area contributed by atoms with Gasteiger partial charge in [-0.1, -0.05) is 36.4 Å². The maximum Gasteiger partial charge on any atom is 0.268 e. The highest BCUT2D eigenvalue weighted by Gasteiger charge is 2.31. The van der Waals surface area contributed by atoms with Gasteiger partial charge in [-0.15, -0.1) is 0 Å². The number of carbonyl (C=O) groups is 1. The van der Waals surface area contributed by atoms with Crippen LogP contribution in [0.4, 0.5) is 0 Å². The van der Waals surface area contributed by atoms with E-state index < -0.39 is 9.84 Å². The van der Waals surface area contributed by atoms with Crippen molar-refractivity contribution in [1.82, 2.24) is 10.3 Å². The van der Waals surface area contributed by atoms with Crippen LogP contribution in [-0.2, 0) is 9.84 Å². The van der Waals surface area contributed by atoms with E-state index in [1.807, 2.05) is 24.3 Å². The lowest BCUT2D eigenvalue weighted by Crippen LogP contribution is -2.34. The number of benzene rings is 2. The second-order valence-electron chi connectivity index (χ2n) is 5.94. The number of aromatic nitrogens is 1. The molecule has 2 N–H and O–H groups in total. The molecule has 6 heteroatoms. The van der Waals surface area contributed by atoms with E-state index in [4.69, 9.17) is 0 Å². The smallest absolute Gasteiger partial charge is 0.268 e. The summed E-state index contributed by atoms with van der Waals surface area (Å²) in [5, 5.41) is 3.92. The Morgan fingerprint density at radius 3 is 2.67 bits per heavy atom. The maximum absolute atomic E-state index is 12.6. The number of nitrogens with one attached hydrogen (secondary N) is 2. The predicted octanol–water partition coefficient (Wildman–Crippen LogP) is 2.82. The Hall–Kier alpha value is -2.60. The molecular weight excluding hydrogens is 324 g/mol. The Balaban J connectivity index is 1.64. The number of aromatic amines is 1. The minimum absolute atomic E-state index is 0.0433. The van der Waals surface area contributed by atoms with E-state index >= 15 is 0 Å². The molecule has 1 aliphatic rings. The summed E-state index contributed by atoms with van der Waals surface area (Å²) >= 11 is 0. The van der Waals surface area contributed by atoms with Gasteiger partial charge in [-0.05, 0) is 30.2 Å². The van der Waals surface area contributed by atoms with Crippen LogP contribution < -0.4 is 5.32 Å². The Kier molecular flexibility index (Phi) is 3.42. The standard InChI is InChI=1S/C18H16N2O3S/c21-18(16-11-12-5-1-3-7-14(12)19-16)20-15-9-10-24(22,23)17-8-4-2-6-13(15)17/h1-8,11,15,19H,9-10H2,(H,20,21). The Morgan fingerprint density at radius 1 is 1.08 bits per heavy atom. The van der Waals surface area contributed by atoms with Gasteiger partial charge in [-0.2, -0.15) is 0 Å². The minimum Gasteiger partial charge on any atom is -0.351 e. The molecule has 0 saturated carbocycles. The lowest BCUT2D eigenvalue weighted by atomic mass is 10.0. The third-order valence-corrected chi connectivity index (χ3v) is 6.20. The van der Waals surface area contributed by atoms with Crippen LogP contribution >= 0.6 is 0 Å². The molecule has 2 heterocycles. The fourth-order valence-electron chi connectivity index (χ4n) is 3.17. The van der Waals surface area contributed by atoms with Crippen LogP contribution in [0.25, 0.3) is 10.9 Å². The van der Waals surface area contributed by atoms with E-state index in [-0.39, 0.29) is 17.7 Å². The first-order valence-electron chi connectivity index (χ1n) is 7.75. The Labute approximate surface area is 139 Å². The molecule has 1 atom stereocenters. The third-order valence-electron chi connectivity index (χ3n) is 4.38. The summed E-state index contributed by atoms with van der Waals surface area (Å²) in [6.45, 7) is 0. The molecule has 0 radical (unpaired) electrons. The van der Waals surface area contributed by atoms with Crippen molar-refractivity contribution in [3.8, 4) is 0 Å². The average Bonchev–Trinajstić information content (AvgIpc) is 3.02. The van der Waals surface area contributed by atoms with Crippen molar-refractivity contribution >= 4 is 26.6 Å². The van der Waals surface area contributed by atoms with Gasteiger partial charge in [-0.25, -0.2) is 8.42 Å². The van der Waals surface area contributed by atoms with Gasteiger partial charge in [0.1, 0.15) is 5.69 Å². The predicted molar refractivity (Wildman–Crippen MR) is 91.6 cm³/mol. The first-order valence-corrected chi connectivity index (χ1v) is 9.40. The molecule has 0 saturated heterocycles. The van der Waals surface area contributed by atoms with Crippen molar-refractivity contribution in [2.45, 2.75) is 17.4 Å². The van der Waals surface area contributed by atoms with Gasteiger partial charge in [0.25, 0.3) is 5.91 Å². The number of rotatable bonds is 2. The van der Waals surface area contributed by atoms with Gasteiger partial charge in [0.05, 0.1) is 16.7 Å². The quantitative estimate of drug-likeness (QED) is 0.753. The topological polar surface area (TPSA) is 79.0 Å². The van der Waals surface area contributed by atoms with Crippen molar-refractivity contribution < 1.29 is 13.2 Å². The van der Waals surface area contributed by atoms with Crippen LogP contribution in [0.15, 0.2) is 59.5 Å². The van der Waals surface area contributed by atoms with E-state index in [0.717, 1.165) is 10.9 Å². The van der Waals surface area contributed by atoms with E-state index in [1.54, 1.807) is 30.3 Å². The van der Waals surface area contributed by atoms with Crippen LogP contribution in [0.1, 0.15) is 28.5 Å². The number of sulfone groups is 1. The van der Waals surface area contributed by atoms with Gasteiger partial charge in [-0.3, -0.25) is 4.79 Å². The van der Waals surface area contributed by atoms with Gasteiger partial charge in [0, 0.05) is 10.9 Å². The molecule has 2 aromatic carbocycles. The van der Waals surface area contributed by atoms with E-state index in [9.17, 15) is 13.2 Å².